The molecule has 4 heteroatoms. The number of nitrogens with zero attached hydrogens (tertiary/aromatic N) is 2. The molecule has 0 amide bonds. The lowest BCUT2D eigenvalue weighted by atomic mass is 10.1. The van der Waals surface area contributed by atoms with Crippen molar-refractivity contribution in [2.45, 2.75) is 19.9 Å². The lowest BCUT2D eigenvalue weighted by Gasteiger charge is -2.05. The first-order valence-corrected chi connectivity index (χ1v) is 7.74. The molecule has 2 aromatic carbocycles. The Hall–Kier alpha value is -2.26. The average molecular weight is 312 g/mol. The molecule has 0 bridgehead atoms. The lowest BCUT2D eigenvalue weighted by Crippen LogP contribution is -1.98. The average Bonchev–Trinajstić information content (AvgIpc) is 3.03. The van der Waals surface area contributed by atoms with Gasteiger partial charge in [0.25, 0.3) is 0 Å². The third kappa shape index (κ3) is 3.49. The number of hydrogen-bond donors (Lipinski definition) is 1. The van der Waals surface area contributed by atoms with Crippen molar-refractivity contribution in [3.8, 4) is 5.69 Å². The van der Waals surface area contributed by atoms with Gasteiger partial charge in [-0.1, -0.05) is 30.7 Å². The lowest BCUT2D eigenvalue weighted by molar-refractivity contribution is 0.880. The fraction of sp³-hybridized carbons (Fsp3) is 0.167. The molecule has 0 atom stereocenters. The van der Waals surface area contributed by atoms with E-state index in [9.17, 15) is 0 Å². The summed E-state index contributed by atoms with van der Waals surface area (Å²) in [5, 5.41) is 8.53. The highest BCUT2D eigenvalue weighted by Gasteiger charge is 2.01. The van der Waals surface area contributed by atoms with E-state index in [0.29, 0.717) is 0 Å². The number of benzene rings is 2. The first-order chi connectivity index (χ1) is 10.7. The molecule has 0 saturated carbocycles. The van der Waals surface area contributed by atoms with E-state index >= 15 is 0 Å². The Bertz CT molecular complexity index is 730. The van der Waals surface area contributed by atoms with Crippen LogP contribution in [0.2, 0.25) is 5.02 Å². The topological polar surface area (TPSA) is 29.9 Å². The van der Waals surface area contributed by atoms with Gasteiger partial charge in [0.2, 0.25) is 0 Å². The van der Waals surface area contributed by atoms with Gasteiger partial charge in [0.05, 0.1) is 11.9 Å². The maximum absolute atomic E-state index is 5.90. The normalized spacial score (nSPS) is 10.6. The molecule has 3 rings (SSSR count). The minimum absolute atomic E-state index is 0.730. The van der Waals surface area contributed by atoms with Crippen molar-refractivity contribution in [2.24, 2.45) is 0 Å². The van der Waals surface area contributed by atoms with Crippen molar-refractivity contribution in [2.75, 3.05) is 5.32 Å². The van der Waals surface area contributed by atoms with Gasteiger partial charge in [-0.25, -0.2) is 4.68 Å². The van der Waals surface area contributed by atoms with Crippen molar-refractivity contribution >= 4 is 17.3 Å². The van der Waals surface area contributed by atoms with Gasteiger partial charge in [0, 0.05) is 29.0 Å². The summed E-state index contributed by atoms with van der Waals surface area (Å²) in [4.78, 5) is 0. The van der Waals surface area contributed by atoms with Crippen LogP contribution in [0.5, 0.6) is 0 Å². The maximum atomic E-state index is 5.90. The van der Waals surface area contributed by atoms with Crippen LogP contribution in [0.3, 0.4) is 0 Å². The molecule has 3 aromatic rings. The molecule has 1 N–H and O–H groups in total. The van der Waals surface area contributed by atoms with E-state index < -0.39 is 0 Å². The molecule has 0 fully saturated rings. The summed E-state index contributed by atoms with van der Waals surface area (Å²) < 4.78 is 1.85. The number of rotatable bonds is 5. The third-order valence-corrected chi connectivity index (χ3v) is 3.84. The summed E-state index contributed by atoms with van der Waals surface area (Å²) in [6.45, 7) is 2.91. The van der Waals surface area contributed by atoms with E-state index in [2.05, 4.69) is 41.6 Å². The second-order valence-corrected chi connectivity index (χ2v) is 5.61. The van der Waals surface area contributed by atoms with Crippen LogP contribution in [-0.2, 0) is 13.0 Å². The molecular formula is C18H18ClN3. The van der Waals surface area contributed by atoms with E-state index in [-0.39, 0.29) is 0 Å². The van der Waals surface area contributed by atoms with Crippen molar-refractivity contribution in [3.63, 3.8) is 0 Å². The Kier molecular flexibility index (Phi) is 4.45. The summed E-state index contributed by atoms with van der Waals surface area (Å²) in [6, 6.07) is 16.2. The molecule has 3 nitrogen and oxygen atoms in total. The summed E-state index contributed by atoms with van der Waals surface area (Å²) in [5.74, 6) is 0. The molecule has 0 saturated heterocycles. The molecule has 1 heterocycles. The monoisotopic (exact) mass is 311 g/mol. The summed E-state index contributed by atoms with van der Waals surface area (Å²) >= 11 is 5.90. The summed E-state index contributed by atoms with van der Waals surface area (Å²) in [5.41, 5.74) is 4.61. The number of nitrogens with one attached hydrogen (secondary N) is 1. The second kappa shape index (κ2) is 6.67. The van der Waals surface area contributed by atoms with E-state index in [1.165, 1.54) is 5.56 Å². The molecule has 22 heavy (non-hydrogen) atoms. The van der Waals surface area contributed by atoms with Crippen molar-refractivity contribution in [1.29, 1.82) is 0 Å². The fourth-order valence-electron chi connectivity index (χ4n) is 2.25. The first kappa shape index (κ1) is 14.7. The zero-order valence-electron chi connectivity index (χ0n) is 12.5. The van der Waals surface area contributed by atoms with Gasteiger partial charge < -0.3 is 5.32 Å². The van der Waals surface area contributed by atoms with Gasteiger partial charge in [-0.2, -0.15) is 5.10 Å². The van der Waals surface area contributed by atoms with Crippen LogP contribution in [0.15, 0.2) is 60.9 Å². The zero-order chi connectivity index (χ0) is 15.4. The molecule has 1 aromatic heterocycles. The zero-order valence-corrected chi connectivity index (χ0v) is 13.2. The highest BCUT2D eigenvalue weighted by Crippen LogP contribution is 2.15. The summed E-state index contributed by atoms with van der Waals surface area (Å²) in [7, 11) is 0. The van der Waals surface area contributed by atoms with Crippen LogP contribution in [0.1, 0.15) is 18.1 Å². The molecule has 0 spiro atoms. The van der Waals surface area contributed by atoms with Crippen molar-refractivity contribution in [3.05, 3.63) is 77.1 Å². The number of halogens is 1. The Morgan fingerprint density at radius 2 is 1.73 bits per heavy atom. The number of hydrogen-bond acceptors (Lipinski definition) is 2. The quantitative estimate of drug-likeness (QED) is 0.740. The first-order valence-electron chi connectivity index (χ1n) is 7.37. The Morgan fingerprint density at radius 1 is 1.00 bits per heavy atom. The van der Waals surface area contributed by atoms with Gasteiger partial charge in [-0.3, -0.25) is 0 Å². The highest BCUT2D eigenvalue weighted by atomic mass is 35.5. The van der Waals surface area contributed by atoms with Gasteiger partial charge in [0.1, 0.15) is 0 Å². The van der Waals surface area contributed by atoms with Crippen molar-refractivity contribution < 1.29 is 0 Å². The Morgan fingerprint density at radius 3 is 2.41 bits per heavy atom. The van der Waals surface area contributed by atoms with Crippen LogP contribution >= 0.6 is 11.6 Å². The smallest absolute Gasteiger partial charge is 0.0646 e. The number of anilines is 1. The molecule has 112 valence electrons. The minimum atomic E-state index is 0.730. The number of aromatic nitrogens is 2. The van der Waals surface area contributed by atoms with E-state index in [4.69, 9.17) is 11.6 Å². The fourth-order valence-corrected chi connectivity index (χ4v) is 2.37. The van der Waals surface area contributed by atoms with Gasteiger partial charge in [-0.05, 0) is 48.4 Å². The van der Waals surface area contributed by atoms with Gasteiger partial charge in [-0.15, -0.1) is 0 Å². The largest absolute Gasteiger partial charge is 0.381 e. The third-order valence-electron chi connectivity index (χ3n) is 3.59. The standard InChI is InChI=1S/C18H18ClN3/c1-2-14-3-7-17(8-4-14)20-11-15-12-21-22(13-15)18-9-5-16(19)6-10-18/h3-10,12-13,20H,2,11H2,1H3. The Balaban J connectivity index is 1.65. The van der Waals surface area contributed by atoms with Crippen molar-refractivity contribution in [1.82, 2.24) is 9.78 Å². The van der Waals surface area contributed by atoms with E-state index in [1.807, 2.05) is 41.3 Å². The number of aryl methyl sites for hydroxylation is 1. The summed E-state index contributed by atoms with van der Waals surface area (Å²) in [6.07, 6.45) is 4.97. The molecule has 0 aliphatic carbocycles. The second-order valence-electron chi connectivity index (χ2n) is 5.17. The van der Waals surface area contributed by atoms with Gasteiger partial charge >= 0.3 is 0 Å². The SMILES string of the molecule is CCc1ccc(NCc2cnn(-c3ccc(Cl)cc3)c2)cc1. The van der Waals surface area contributed by atoms with Crippen LogP contribution in [0.4, 0.5) is 5.69 Å². The maximum Gasteiger partial charge on any atom is 0.0646 e. The molecule has 0 radical (unpaired) electrons. The highest BCUT2D eigenvalue weighted by molar-refractivity contribution is 6.30. The predicted octanol–water partition coefficient (Wildman–Crippen LogP) is 4.70. The predicted molar refractivity (Wildman–Crippen MR) is 91.7 cm³/mol. The van der Waals surface area contributed by atoms with Crippen LogP contribution < -0.4 is 5.32 Å². The molecule has 0 aliphatic heterocycles. The van der Waals surface area contributed by atoms with Crippen LogP contribution in [-0.4, -0.2) is 9.78 Å². The van der Waals surface area contributed by atoms with Gasteiger partial charge in [0.15, 0.2) is 0 Å². The molecular weight excluding hydrogens is 294 g/mol. The van der Waals surface area contributed by atoms with E-state index in [1.54, 1.807) is 0 Å². The van der Waals surface area contributed by atoms with E-state index in [0.717, 1.165) is 34.9 Å². The van der Waals surface area contributed by atoms with Crippen LogP contribution in [0, 0.1) is 0 Å². The molecule has 0 unspecified atom stereocenters. The molecule has 0 aliphatic rings. The van der Waals surface area contributed by atoms with Crippen LogP contribution in [0.25, 0.3) is 5.69 Å². The minimum Gasteiger partial charge on any atom is -0.381 e. The Labute approximate surface area is 135 Å².